The minimum absolute atomic E-state index is 0.136. The largest absolute Gasteiger partial charge is 0.484 e. The molecule has 5 heteroatoms. The molecule has 2 aromatic rings. The molecule has 2 saturated heterocycles. The predicted molar refractivity (Wildman–Crippen MR) is 109 cm³/mol. The van der Waals surface area contributed by atoms with Gasteiger partial charge in [0.15, 0.2) is 6.61 Å². The summed E-state index contributed by atoms with van der Waals surface area (Å²) >= 11 is 1.77. The number of amides is 1. The predicted octanol–water partition coefficient (Wildman–Crippen LogP) is 3.95. The normalized spacial score (nSPS) is 23.1. The van der Waals surface area contributed by atoms with Crippen molar-refractivity contribution in [3.63, 3.8) is 0 Å². The lowest BCUT2D eigenvalue weighted by molar-refractivity contribution is -0.140. The molecule has 2 atom stereocenters. The summed E-state index contributed by atoms with van der Waals surface area (Å²) in [6.45, 7) is 6.28. The van der Waals surface area contributed by atoms with E-state index in [0.29, 0.717) is 12.0 Å². The number of piperidine rings is 2. The highest BCUT2D eigenvalue weighted by molar-refractivity contribution is 7.07. The lowest BCUT2D eigenvalue weighted by Crippen LogP contribution is -2.56. The highest BCUT2D eigenvalue weighted by Gasteiger charge is 2.38. The standard InChI is InChI=1S/C22H28N2O2S/c1-17-4-6-20(7-5-17)26-15-22(25)24-10-2-3-19-14-23(11-8-21(19)24)13-18-9-12-27-16-18/h4-7,9,12,16,19,21H,2-3,8,10-11,13-15H2,1H3/t19-,21-/m1/s1. The molecule has 2 aliphatic heterocycles. The topological polar surface area (TPSA) is 32.8 Å². The zero-order valence-electron chi connectivity index (χ0n) is 16.0. The molecule has 0 aliphatic carbocycles. The molecule has 0 bridgehead atoms. The molecule has 1 amide bonds. The molecule has 0 radical (unpaired) electrons. The van der Waals surface area contributed by atoms with Gasteiger partial charge in [-0.25, -0.2) is 0 Å². The summed E-state index contributed by atoms with van der Waals surface area (Å²) in [6, 6.07) is 10.5. The van der Waals surface area contributed by atoms with Gasteiger partial charge in [0.05, 0.1) is 0 Å². The zero-order chi connectivity index (χ0) is 18.6. The van der Waals surface area contributed by atoms with Crippen molar-refractivity contribution < 1.29 is 9.53 Å². The van der Waals surface area contributed by atoms with E-state index >= 15 is 0 Å². The molecule has 1 aromatic carbocycles. The van der Waals surface area contributed by atoms with Gasteiger partial charge in [-0.15, -0.1) is 0 Å². The Kier molecular flexibility index (Phi) is 5.79. The van der Waals surface area contributed by atoms with Gasteiger partial charge in [0, 0.05) is 32.2 Å². The first-order chi connectivity index (χ1) is 13.2. The fraction of sp³-hybridized carbons (Fsp3) is 0.500. The fourth-order valence-electron chi connectivity index (χ4n) is 4.44. The molecule has 4 rings (SSSR count). The first-order valence-corrected chi connectivity index (χ1v) is 10.9. The highest BCUT2D eigenvalue weighted by Crippen LogP contribution is 2.31. The Morgan fingerprint density at radius 3 is 2.81 bits per heavy atom. The van der Waals surface area contributed by atoms with Gasteiger partial charge >= 0.3 is 0 Å². The molecule has 0 N–H and O–H groups in total. The van der Waals surface area contributed by atoms with E-state index in [0.717, 1.165) is 44.8 Å². The lowest BCUT2D eigenvalue weighted by atomic mass is 9.83. The van der Waals surface area contributed by atoms with Gasteiger partial charge in [-0.05, 0) is 66.6 Å². The number of likely N-dealkylation sites (tertiary alicyclic amines) is 2. The summed E-state index contributed by atoms with van der Waals surface area (Å²) in [6.07, 6.45) is 3.40. The summed E-state index contributed by atoms with van der Waals surface area (Å²) in [5.74, 6) is 1.50. The number of carbonyl (C=O) groups is 1. The van der Waals surface area contributed by atoms with Crippen LogP contribution in [-0.4, -0.2) is 48.0 Å². The van der Waals surface area contributed by atoms with Crippen molar-refractivity contribution in [2.45, 2.75) is 38.8 Å². The maximum absolute atomic E-state index is 12.8. The molecular weight excluding hydrogens is 356 g/mol. The summed E-state index contributed by atoms with van der Waals surface area (Å²) in [4.78, 5) is 17.5. The van der Waals surface area contributed by atoms with Gasteiger partial charge in [0.1, 0.15) is 5.75 Å². The van der Waals surface area contributed by atoms with E-state index in [1.54, 1.807) is 11.3 Å². The van der Waals surface area contributed by atoms with Gasteiger partial charge in [-0.1, -0.05) is 17.7 Å². The second-order valence-corrected chi connectivity index (χ2v) is 8.59. The third-order valence-corrected chi connectivity index (χ3v) is 6.57. The van der Waals surface area contributed by atoms with Crippen molar-refractivity contribution >= 4 is 17.2 Å². The van der Waals surface area contributed by atoms with E-state index in [4.69, 9.17) is 4.74 Å². The third kappa shape index (κ3) is 4.53. The van der Waals surface area contributed by atoms with Crippen molar-refractivity contribution in [1.29, 1.82) is 0 Å². The van der Waals surface area contributed by atoms with Crippen LogP contribution in [0.2, 0.25) is 0 Å². The van der Waals surface area contributed by atoms with Gasteiger partial charge in [0.2, 0.25) is 0 Å². The molecule has 2 fully saturated rings. The Labute approximate surface area is 165 Å². The molecule has 4 nitrogen and oxygen atoms in total. The van der Waals surface area contributed by atoms with Gasteiger partial charge in [-0.3, -0.25) is 9.69 Å². The summed E-state index contributed by atoms with van der Waals surface area (Å²) < 4.78 is 5.75. The smallest absolute Gasteiger partial charge is 0.260 e. The molecule has 3 heterocycles. The molecule has 0 spiro atoms. The average Bonchev–Trinajstić information content (AvgIpc) is 3.19. The fourth-order valence-corrected chi connectivity index (χ4v) is 5.10. The van der Waals surface area contributed by atoms with Crippen molar-refractivity contribution in [2.75, 3.05) is 26.2 Å². The number of nitrogens with zero attached hydrogens (tertiary/aromatic N) is 2. The van der Waals surface area contributed by atoms with Gasteiger partial charge < -0.3 is 9.64 Å². The van der Waals surface area contributed by atoms with Crippen LogP contribution < -0.4 is 4.74 Å². The van der Waals surface area contributed by atoms with Gasteiger partial charge in [0.25, 0.3) is 5.91 Å². The van der Waals surface area contributed by atoms with Crippen molar-refractivity contribution in [3.8, 4) is 5.75 Å². The van der Waals surface area contributed by atoms with E-state index in [-0.39, 0.29) is 12.5 Å². The molecule has 144 valence electrons. The van der Waals surface area contributed by atoms with Crippen LogP contribution >= 0.6 is 11.3 Å². The Morgan fingerprint density at radius 2 is 2.04 bits per heavy atom. The summed E-state index contributed by atoms with van der Waals surface area (Å²) in [7, 11) is 0. The molecule has 0 unspecified atom stereocenters. The van der Waals surface area contributed by atoms with Crippen molar-refractivity contribution in [3.05, 3.63) is 52.2 Å². The van der Waals surface area contributed by atoms with Crippen LogP contribution in [0.15, 0.2) is 41.1 Å². The second kappa shape index (κ2) is 8.44. The number of benzene rings is 1. The summed E-state index contributed by atoms with van der Waals surface area (Å²) in [5.41, 5.74) is 2.61. The molecule has 1 aromatic heterocycles. The Morgan fingerprint density at radius 1 is 1.19 bits per heavy atom. The Bertz CT molecular complexity index is 744. The minimum atomic E-state index is 0.136. The van der Waals surface area contributed by atoms with Gasteiger partial charge in [-0.2, -0.15) is 11.3 Å². The summed E-state index contributed by atoms with van der Waals surface area (Å²) in [5, 5.41) is 4.39. The van der Waals surface area contributed by atoms with Crippen LogP contribution in [0.4, 0.5) is 0 Å². The molecule has 27 heavy (non-hydrogen) atoms. The molecule has 0 saturated carbocycles. The third-order valence-electron chi connectivity index (χ3n) is 5.84. The number of rotatable bonds is 5. The zero-order valence-corrected chi connectivity index (χ0v) is 16.8. The number of carbonyl (C=O) groups excluding carboxylic acids is 1. The number of hydrogen-bond donors (Lipinski definition) is 0. The first kappa shape index (κ1) is 18.5. The maximum atomic E-state index is 12.8. The Balaban J connectivity index is 1.32. The maximum Gasteiger partial charge on any atom is 0.260 e. The van der Waals surface area contributed by atoms with Crippen molar-refractivity contribution in [2.24, 2.45) is 5.92 Å². The van der Waals surface area contributed by atoms with E-state index in [1.165, 1.54) is 17.5 Å². The van der Waals surface area contributed by atoms with Crippen molar-refractivity contribution in [1.82, 2.24) is 9.80 Å². The average molecular weight is 385 g/mol. The first-order valence-electron chi connectivity index (χ1n) is 9.91. The second-order valence-electron chi connectivity index (χ2n) is 7.81. The monoisotopic (exact) mass is 384 g/mol. The van der Waals surface area contributed by atoms with E-state index in [1.807, 2.05) is 31.2 Å². The van der Waals surface area contributed by atoms with Crippen LogP contribution in [0.1, 0.15) is 30.4 Å². The molecular formula is C22H28N2O2S. The highest BCUT2D eigenvalue weighted by atomic mass is 32.1. The quantitative estimate of drug-likeness (QED) is 0.783. The number of thiophene rings is 1. The number of aryl methyl sites for hydroxylation is 1. The number of ether oxygens (including phenoxy) is 1. The van der Waals surface area contributed by atoms with E-state index < -0.39 is 0 Å². The number of hydrogen-bond acceptors (Lipinski definition) is 4. The number of fused-ring (bicyclic) bond motifs is 1. The minimum Gasteiger partial charge on any atom is -0.484 e. The lowest BCUT2D eigenvalue weighted by Gasteiger charge is -2.47. The van der Waals surface area contributed by atoms with Crippen LogP contribution in [0.25, 0.3) is 0 Å². The van der Waals surface area contributed by atoms with Crippen LogP contribution in [-0.2, 0) is 11.3 Å². The molecule has 2 aliphatic rings. The van der Waals surface area contributed by atoms with Crippen LogP contribution in [0.3, 0.4) is 0 Å². The van der Waals surface area contributed by atoms with E-state index in [9.17, 15) is 4.79 Å². The SMILES string of the molecule is Cc1ccc(OCC(=O)N2CCC[C@@H]3CN(Cc4ccsc4)CC[C@H]32)cc1. The van der Waals surface area contributed by atoms with Crippen LogP contribution in [0, 0.1) is 12.8 Å². The van der Waals surface area contributed by atoms with E-state index in [2.05, 4.69) is 26.6 Å². The Hall–Kier alpha value is -1.85. The van der Waals surface area contributed by atoms with Crippen LogP contribution in [0.5, 0.6) is 5.75 Å².